The Balaban J connectivity index is 1.88. The molecule has 0 aliphatic carbocycles. The van der Waals surface area contributed by atoms with Crippen LogP contribution < -0.4 is 23.7 Å². The molecule has 1 aliphatic rings. The summed E-state index contributed by atoms with van der Waals surface area (Å²) in [5.41, 5.74) is 2.36. The number of benzene rings is 2. The van der Waals surface area contributed by atoms with E-state index < -0.39 is 0 Å². The topological polar surface area (TPSA) is 63.2 Å². The Labute approximate surface area is 170 Å². The number of carbonyl (C=O) groups excluding carboxylic acids is 1. The van der Waals surface area contributed by atoms with E-state index >= 15 is 0 Å². The zero-order chi connectivity index (χ0) is 21.0. The van der Waals surface area contributed by atoms with Crippen LogP contribution in [-0.2, 0) is 0 Å². The molecule has 0 unspecified atom stereocenters. The van der Waals surface area contributed by atoms with Crippen LogP contribution in [0.5, 0.6) is 28.7 Å². The largest absolute Gasteiger partial charge is 0.493 e. The summed E-state index contributed by atoms with van der Waals surface area (Å²) in [6.07, 6.45) is 3.63. The number of methoxy groups -OCH3 is 3. The van der Waals surface area contributed by atoms with Gasteiger partial charge in [0.15, 0.2) is 17.3 Å². The van der Waals surface area contributed by atoms with Crippen LogP contribution in [0, 0.1) is 0 Å². The van der Waals surface area contributed by atoms with Crippen molar-refractivity contribution in [1.29, 1.82) is 0 Å². The number of hydrogen-bond donors (Lipinski definition) is 0. The lowest BCUT2D eigenvalue weighted by Gasteiger charge is -2.13. The summed E-state index contributed by atoms with van der Waals surface area (Å²) in [5.74, 6) is 2.62. The van der Waals surface area contributed by atoms with E-state index in [0.29, 0.717) is 46.5 Å². The molecular formula is C23H24O6. The van der Waals surface area contributed by atoms with E-state index in [1.165, 1.54) is 26.9 Å². The predicted molar refractivity (Wildman–Crippen MR) is 110 cm³/mol. The first kappa shape index (κ1) is 20.3. The van der Waals surface area contributed by atoms with Gasteiger partial charge in [-0.3, -0.25) is 4.79 Å². The number of Topliss-reactive ketones (excluding diaryl/α,β-unsaturated/α-hetero) is 1. The van der Waals surface area contributed by atoms with Gasteiger partial charge >= 0.3 is 0 Å². The number of hydrogen-bond acceptors (Lipinski definition) is 6. The van der Waals surface area contributed by atoms with E-state index in [4.69, 9.17) is 23.7 Å². The zero-order valence-electron chi connectivity index (χ0n) is 17.2. The first-order valence-corrected chi connectivity index (χ1v) is 9.11. The normalized spacial score (nSPS) is 13.6. The molecule has 0 bridgehead atoms. The first-order valence-electron chi connectivity index (χ1n) is 9.11. The Morgan fingerprint density at radius 2 is 1.69 bits per heavy atom. The monoisotopic (exact) mass is 396 g/mol. The maximum Gasteiger partial charge on any atom is 0.231 e. The summed E-state index contributed by atoms with van der Waals surface area (Å²) < 4.78 is 27.5. The van der Waals surface area contributed by atoms with Gasteiger partial charge in [-0.2, -0.15) is 0 Å². The standard InChI is InChI=1S/C23H24O6/c1-14(2)8-9-28-16-6-7-17-18(13-16)29-19(22(17)24)10-15-11-20(25-3)23(27-5)21(12-15)26-4/h6-8,10-13H,9H2,1-5H3. The number of ether oxygens (including phenoxy) is 5. The van der Waals surface area contributed by atoms with E-state index in [2.05, 4.69) is 0 Å². The fourth-order valence-corrected chi connectivity index (χ4v) is 2.90. The minimum absolute atomic E-state index is 0.190. The second-order valence-electron chi connectivity index (χ2n) is 6.65. The Kier molecular flexibility index (Phi) is 6.12. The van der Waals surface area contributed by atoms with Gasteiger partial charge < -0.3 is 23.7 Å². The second-order valence-corrected chi connectivity index (χ2v) is 6.65. The molecule has 152 valence electrons. The third-order valence-corrected chi connectivity index (χ3v) is 4.37. The fraction of sp³-hybridized carbons (Fsp3) is 0.261. The van der Waals surface area contributed by atoms with E-state index in [-0.39, 0.29) is 11.5 Å². The van der Waals surface area contributed by atoms with Gasteiger partial charge in [0, 0.05) is 6.07 Å². The number of allylic oxidation sites excluding steroid dienone is 2. The summed E-state index contributed by atoms with van der Waals surface area (Å²) in [6, 6.07) is 8.71. The molecule has 0 spiro atoms. The molecule has 0 saturated carbocycles. The van der Waals surface area contributed by atoms with Crippen LogP contribution in [0.25, 0.3) is 6.08 Å². The first-order chi connectivity index (χ1) is 14.0. The molecule has 2 aromatic carbocycles. The van der Waals surface area contributed by atoms with Gasteiger partial charge in [0.25, 0.3) is 0 Å². The lowest BCUT2D eigenvalue weighted by Crippen LogP contribution is -1.99. The molecule has 0 aromatic heterocycles. The second kappa shape index (κ2) is 8.73. The molecule has 0 radical (unpaired) electrons. The van der Waals surface area contributed by atoms with Crippen molar-refractivity contribution in [2.45, 2.75) is 13.8 Å². The van der Waals surface area contributed by atoms with Crippen LogP contribution >= 0.6 is 0 Å². The Morgan fingerprint density at radius 3 is 2.28 bits per heavy atom. The summed E-state index contributed by atoms with van der Waals surface area (Å²) in [4.78, 5) is 12.7. The van der Waals surface area contributed by atoms with Crippen LogP contribution in [0.4, 0.5) is 0 Å². The zero-order valence-corrected chi connectivity index (χ0v) is 17.2. The average molecular weight is 396 g/mol. The van der Waals surface area contributed by atoms with Crippen LogP contribution in [0.3, 0.4) is 0 Å². The third-order valence-electron chi connectivity index (χ3n) is 4.37. The van der Waals surface area contributed by atoms with Gasteiger partial charge in [-0.15, -0.1) is 0 Å². The van der Waals surface area contributed by atoms with E-state index in [1.54, 1.807) is 36.4 Å². The maximum atomic E-state index is 12.7. The van der Waals surface area contributed by atoms with Crippen molar-refractivity contribution in [3.8, 4) is 28.7 Å². The lowest BCUT2D eigenvalue weighted by atomic mass is 10.1. The van der Waals surface area contributed by atoms with Gasteiger partial charge in [0.1, 0.15) is 18.1 Å². The summed E-state index contributed by atoms with van der Waals surface area (Å²) in [6.45, 7) is 4.48. The molecular weight excluding hydrogens is 372 g/mol. The van der Waals surface area contributed by atoms with Crippen molar-refractivity contribution in [2.24, 2.45) is 0 Å². The third kappa shape index (κ3) is 4.37. The lowest BCUT2D eigenvalue weighted by molar-refractivity contribution is 0.101. The van der Waals surface area contributed by atoms with E-state index in [1.807, 2.05) is 19.9 Å². The molecule has 1 heterocycles. The number of rotatable bonds is 7. The number of fused-ring (bicyclic) bond motifs is 1. The Hall–Kier alpha value is -3.41. The van der Waals surface area contributed by atoms with E-state index in [9.17, 15) is 4.79 Å². The van der Waals surface area contributed by atoms with Gasteiger partial charge in [-0.05, 0) is 55.8 Å². The summed E-state index contributed by atoms with van der Waals surface area (Å²) in [5, 5.41) is 0. The molecule has 2 aromatic rings. The SMILES string of the molecule is COc1cc(C=C2Oc3cc(OCC=C(C)C)ccc3C2=O)cc(OC)c1OC. The molecule has 6 heteroatoms. The smallest absolute Gasteiger partial charge is 0.231 e. The average Bonchev–Trinajstić information content (AvgIpc) is 3.01. The maximum absolute atomic E-state index is 12.7. The number of ketones is 1. The van der Waals surface area contributed by atoms with Crippen LogP contribution in [0.15, 0.2) is 47.7 Å². The van der Waals surface area contributed by atoms with Gasteiger partial charge in [-0.25, -0.2) is 0 Å². The van der Waals surface area contributed by atoms with Gasteiger partial charge in [-0.1, -0.05) is 5.57 Å². The van der Waals surface area contributed by atoms with Crippen molar-refractivity contribution < 1.29 is 28.5 Å². The minimum Gasteiger partial charge on any atom is -0.493 e. The molecule has 6 nitrogen and oxygen atoms in total. The van der Waals surface area contributed by atoms with Gasteiger partial charge in [0.2, 0.25) is 11.5 Å². The molecule has 29 heavy (non-hydrogen) atoms. The van der Waals surface area contributed by atoms with Crippen molar-refractivity contribution in [3.63, 3.8) is 0 Å². The van der Waals surface area contributed by atoms with Crippen molar-refractivity contribution in [2.75, 3.05) is 27.9 Å². The number of carbonyl (C=O) groups is 1. The molecule has 0 atom stereocenters. The highest BCUT2D eigenvalue weighted by Gasteiger charge is 2.28. The molecule has 0 amide bonds. The van der Waals surface area contributed by atoms with Gasteiger partial charge in [0.05, 0.1) is 26.9 Å². The van der Waals surface area contributed by atoms with Crippen molar-refractivity contribution >= 4 is 11.9 Å². The summed E-state index contributed by atoms with van der Waals surface area (Å²) >= 11 is 0. The predicted octanol–water partition coefficient (Wildman–Crippen LogP) is 4.67. The minimum atomic E-state index is -0.190. The summed E-state index contributed by atoms with van der Waals surface area (Å²) in [7, 11) is 4.62. The van der Waals surface area contributed by atoms with Crippen molar-refractivity contribution in [1.82, 2.24) is 0 Å². The highest BCUT2D eigenvalue weighted by atomic mass is 16.5. The molecule has 0 fully saturated rings. The quantitative estimate of drug-likeness (QED) is 0.500. The van der Waals surface area contributed by atoms with Crippen LogP contribution in [0.1, 0.15) is 29.8 Å². The Bertz CT molecular complexity index is 958. The van der Waals surface area contributed by atoms with E-state index in [0.717, 1.165) is 0 Å². The highest BCUT2D eigenvalue weighted by molar-refractivity contribution is 6.14. The molecule has 0 N–H and O–H groups in total. The van der Waals surface area contributed by atoms with Crippen LogP contribution in [-0.4, -0.2) is 33.7 Å². The fourth-order valence-electron chi connectivity index (χ4n) is 2.90. The van der Waals surface area contributed by atoms with Crippen molar-refractivity contribution in [3.05, 3.63) is 58.9 Å². The molecule has 1 aliphatic heterocycles. The Morgan fingerprint density at radius 1 is 1.00 bits per heavy atom. The molecule has 0 saturated heterocycles. The molecule has 3 rings (SSSR count). The van der Waals surface area contributed by atoms with Crippen LogP contribution in [0.2, 0.25) is 0 Å². The highest BCUT2D eigenvalue weighted by Crippen LogP contribution is 2.40.